The first-order chi connectivity index (χ1) is 9.30. The van der Waals surface area contributed by atoms with Gasteiger partial charge in [0.2, 0.25) is 5.91 Å². The molecule has 0 rings (SSSR count). The van der Waals surface area contributed by atoms with Crippen molar-refractivity contribution >= 4 is 12.0 Å². The van der Waals surface area contributed by atoms with Crippen LogP contribution in [0, 0.1) is 0 Å². The lowest BCUT2D eigenvalue weighted by Gasteiger charge is -2.27. The van der Waals surface area contributed by atoms with Crippen LogP contribution in [-0.2, 0) is 14.3 Å². The van der Waals surface area contributed by atoms with E-state index in [-0.39, 0.29) is 25.2 Å². The normalized spacial score (nSPS) is 11.1. The van der Waals surface area contributed by atoms with Crippen molar-refractivity contribution in [3.63, 3.8) is 0 Å². The average molecular weight is 288 g/mol. The van der Waals surface area contributed by atoms with Crippen LogP contribution in [0.1, 0.15) is 47.0 Å². The number of ether oxygens (including phenoxy) is 2. The molecule has 2 amide bonds. The number of nitrogens with zero attached hydrogens (tertiary/aromatic N) is 1. The van der Waals surface area contributed by atoms with Crippen LogP contribution in [0.15, 0.2) is 0 Å². The first-order valence-electron chi connectivity index (χ1n) is 7.03. The van der Waals surface area contributed by atoms with E-state index in [0.29, 0.717) is 13.1 Å². The van der Waals surface area contributed by atoms with E-state index in [9.17, 15) is 9.59 Å². The van der Waals surface area contributed by atoms with Gasteiger partial charge in [-0.15, -0.1) is 0 Å². The van der Waals surface area contributed by atoms with E-state index < -0.39 is 5.60 Å². The van der Waals surface area contributed by atoms with Crippen molar-refractivity contribution in [3.8, 4) is 0 Å². The molecule has 0 aromatic heterocycles. The van der Waals surface area contributed by atoms with Crippen LogP contribution in [0.3, 0.4) is 0 Å². The number of carbonyl (C=O) groups is 2. The molecule has 118 valence electrons. The van der Waals surface area contributed by atoms with Gasteiger partial charge in [-0.1, -0.05) is 13.3 Å². The average Bonchev–Trinajstić information content (AvgIpc) is 2.34. The minimum absolute atomic E-state index is 0.142. The van der Waals surface area contributed by atoms with Gasteiger partial charge in [0, 0.05) is 26.6 Å². The summed E-state index contributed by atoms with van der Waals surface area (Å²) in [4.78, 5) is 25.1. The van der Waals surface area contributed by atoms with E-state index in [2.05, 4.69) is 12.2 Å². The molecule has 0 heterocycles. The molecule has 0 aromatic carbocycles. The largest absolute Gasteiger partial charge is 0.444 e. The van der Waals surface area contributed by atoms with Gasteiger partial charge in [-0.3, -0.25) is 4.79 Å². The number of nitrogens with one attached hydrogen (secondary N) is 1. The van der Waals surface area contributed by atoms with E-state index in [1.54, 1.807) is 4.90 Å². The van der Waals surface area contributed by atoms with Crippen LogP contribution >= 0.6 is 0 Å². The minimum Gasteiger partial charge on any atom is -0.444 e. The second-order valence-corrected chi connectivity index (χ2v) is 5.60. The van der Waals surface area contributed by atoms with Crippen LogP contribution in [0.4, 0.5) is 4.79 Å². The summed E-state index contributed by atoms with van der Waals surface area (Å²) in [5, 5.41) is 2.59. The van der Waals surface area contributed by atoms with Crippen molar-refractivity contribution in [1.82, 2.24) is 10.2 Å². The van der Waals surface area contributed by atoms with Crippen LogP contribution in [0.2, 0.25) is 0 Å². The Hall–Kier alpha value is -1.30. The highest BCUT2D eigenvalue weighted by atomic mass is 16.6. The Morgan fingerprint density at radius 2 is 1.85 bits per heavy atom. The second kappa shape index (κ2) is 9.58. The van der Waals surface area contributed by atoms with Crippen LogP contribution in [-0.4, -0.2) is 49.4 Å². The van der Waals surface area contributed by atoms with Crippen molar-refractivity contribution in [1.29, 1.82) is 0 Å². The van der Waals surface area contributed by atoms with Crippen LogP contribution < -0.4 is 5.32 Å². The van der Waals surface area contributed by atoms with E-state index >= 15 is 0 Å². The zero-order valence-corrected chi connectivity index (χ0v) is 13.3. The Morgan fingerprint density at radius 3 is 2.35 bits per heavy atom. The molecule has 0 unspecified atom stereocenters. The molecular formula is C14H28N2O4. The highest BCUT2D eigenvalue weighted by Crippen LogP contribution is 2.11. The molecule has 0 aliphatic rings. The molecule has 0 spiro atoms. The number of carbonyl (C=O) groups excluding carboxylic acids is 2. The number of amides is 2. The molecule has 0 saturated carbocycles. The molecule has 0 radical (unpaired) electrons. The maximum atomic E-state index is 12.0. The predicted octanol–water partition coefficient (Wildman–Crippen LogP) is 2.13. The quantitative estimate of drug-likeness (QED) is 0.695. The van der Waals surface area contributed by atoms with Gasteiger partial charge in [0.05, 0.1) is 0 Å². The molecule has 0 atom stereocenters. The molecule has 1 N–H and O–H groups in total. The molecule has 0 bridgehead atoms. The van der Waals surface area contributed by atoms with E-state index in [1.165, 1.54) is 7.11 Å². The fourth-order valence-electron chi connectivity index (χ4n) is 1.45. The summed E-state index contributed by atoms with van der Waals surface area (Å²) in [7, 11) is 1.51. The van der Waals surface area contributed by atoms with Crippen molar-refractivity contribution in [2.24, 2.45) is 0 Å². The molecule has 0 fully saturated rings. The molecule has 6 nitrogen and oxygen atoms in total. The fourth-order valence-corrected chi connectivity index (χ4v) is 1.45. The zero-order valence-electron chi connectivity index (χ0n) is 13.3. The Labute approximate surface area is 121 Å². The van der Waals surface area contributed by atoms with Gasteiger partial charge in [0.15, 0.2) is 0 Å². The Balaban J connectivity index is 4.33. The lowest BCUT2D eigenvalue weighted by Crippen LogP contribution is -2.39. The second-order valence-electron chi connectivity index (χ2n) is 5.60. The van der Waals surface area contributed by atoms with E-state index in [1.807, 2.05) is 20.8 Å². The summed E-state index contributed by atoms with van der Waals surface area (Å²) in [6, 6.07) is 0. The third-order valence-corrected chi connectivity index (χ3v) is 2.46. The van der Waals surface area contributed by atoms with Crippen LogP contribution in [0.25, 0.3) is 0 Å². The van der Waals surface area contributed by atoms with Crippen molar-refractivity contribution < 1.29 is 19.1 Å². The summed E-state index contributed by atoms with van der Waals surface area (Å²) < 4.78 is 10.1. The van der Waals surface area contributed by atoms with Gasteiger partial charge in [-0.05, 0) is 27.2 Å². The molecule has 0 saturated heterocycles. The minimum atomic E-state index is -0.528. The Kier molecular flexibility index (Phi) is 8.96. The first kappa shape index (κ1) is 18.7. The molecule has 0 aromatic rings. The van der Waals surface area contributed by atoms with Crippen molar-refractivity contribution in [2.45, 2.75) is 52.6 Å². The fraction of sp³-hybridized carbons (Fsp3) is 0.857. The predicted molar refractivity (Wildman–Crippen MR) is 77.4 cm³/mol. The zero-order chi connectivity index (χ0) is 15.6. The molecule has 20 heavy (non-hydrogen) atoms. The van der Waals surface area contributed by atoms with E-state index in [0.717, 1.165) is 12.8 Å². The topological polar surface area (TPSA) is 67.9 Å². The summed E-state index contributed by atoms with van der Waals surface area (Å²) in [6.45, 7) is 8.67. The highest BCUT2D eigenvalue weighted by Gasteiger charge is 2.22. The SMILES string of the molecule is CCCCN(CCC(=O)NCOC)C(=O)OC(C)(C)C. The maximum absolute atomic E-state index is 12.0. The number of hydrogen-bond donors (Lipinski definition) is 1. The van der Waals surface area contributed by atoms with Crippen molar-refractivity contribution in [3.05, 3.63) is 0 Å². The molecular weight excluding hydrogens is 260 g/mol. The smallest absolute Gasteiger partial charge is 0.410 e. The van der Waals surface area contributed by atoms with Gasteiger partial charge >= 0.3 is 6.09 Å². The monoisotopic (exact) mass is 288 g/mol. The number of hydrogen-bond acceptors (Lipinski definition) is 4. The van der Waals surface area contributed by atoms with E-state index in [4.69, 9.17) is 9.47 Å². The summed E-state index contributed by atoms with van der Waals surface area (Å²) >= 11 is 0. The number of methoxy groups -OCH3 is 1. The molecule has 0 aliphatic carbocycles. The first-order valence-corrected chi connectivity index (χ1v) is 7.03. The molecule has 6 heteroatoms. The lowest BCUT2D eigenvalue weighted by atomic mass is 10.2. The Bertz CT molecular complexity index is 300. The lowest BCUT2D eigenvalue weighted by molar-refractivity contribution is -0.122. The van der Waals surface area contributed by atoms with Gasteiger partial charge in [0.1, 0.15) is 12.3 Å². The van der Waals surface area contributed by atoms with Gasteiger partial charge in [-0.2, -0.15) is 0 Å². The molecule has 0 aliphatic heterocycles. The maximum Gasteiger partial charge on any atom is 0.410 e. The number of rotatable bonds is 8. The van der Waals surface area contributed by atoms with Crippen LogP contribution in [0.5, 0.6) is 0 Å². The Morgan fingerprint density at radius 1 is 1.20 bits per heavy atom. The summed E-state index contributed by atoms with van der Waals surface area (Å²) in [5.41, 5.74) is -0.528. The standard InChI is InChI=1S/C14H28N2O4/c1-6-7-9-16(13(18)20-14(2,3)4)10-8-12(17)15-11-19-5/h6-11H2,1-5H3,(H,15,17). The number of unbranched alkanes of at least 4 members (excludes halogenated alkanes) is 1. The van der Waals surface area contributed by atoms with Gasteiger partial charge in [-0.25, -0.2) is 4.79 Å². The highest BCUT2D eigenvalue weighted by molar-refractivity contribution is 5.76. The summed E-state index contributed by atoms with van der Waals surface area (Å²) in [6.07, 6.45) is 1.74. The third-order valence-electron chi connectivity index (χ3n) is 2.46. The summed E-state index contributed by atoms with van der Waals surface area (Å²) in [5.74, 6) is -0.142. The van der Waals surface area contributed by atoms with Gasteiger partial charge in [0.25, 0.3) is 0 Å². The third kappa shape index (κ3) is 9.61. The van der Waals surface area contributed by atoms with Gasteiger partial charge < -0.3 is 19.7 Å². The van der Waals surface area contributed by atoms with Crippen molar-refractivity contribution in [2.75, 3.05) is 26.9 Å².